The molecule has 1 aliphatic carbocycles. The van der Waals surface area contributed by atoms with E-state index in [2.05, 4.69) is 0 Å². The first-order valence-electron chi connectivity index (χ1n) is 6.17. The van der Waals surface area contributed by atoms with Crippen molar-refractivity contribution >= 4 is 5.69 Å². The third-order valence-corrected chi connectivity index (χ3v) is 3.13. The van der Waals surface area contributed by atoms with Gasteiger partial charge in [0.2, 0.25) is 0 Å². The van der Waals surface area contributed by atoms with Crippen molar-refractivity contribution in [2.24, 2.45) is 5.73 Å². The molecule has 0 amide bonds. The average molecular weight is 276 g/mol. The van der Waals surface area contributed by atoms with E-state index in [1.165, 1.54) is 12.1 Å². The molecule has 2 nitrogen and oxygen atoms in total. The Hall–Kier alpha value is -1.30. The Morgan fingerprint density at radius 1 is 1.37 bits per heavy atom. The maximum Gasteiger partial charge on any atom is 0.405 e. The summed E-state index contributed by atoms with van der Waals surface area (Å²) in [5.41, 5.74) is 6.14. The first kappa shape index (κ1) is 14.1. The number of nitrogens with zero attached hydrogens (tertiary/aromatic N) is 1. The Labute approximate surface area is 109 Å². The topological polar surface area (TPSA) is 29.3 Å². The van der Waals surface area contributed by atoms with Gasteiger partial charge in [0.1, 0.15) is 12.4 Å². The predicted molar refractivity (Wildman–Crippen MR) is 65.4 cm³/mol. The monoisotopic (exact) mass is 276 g/mol. The van der Waals surface area contributed by atoms with Crippen LogP contribution in [0.3, 0.4) is 0 Å². The second kappa shape index (κ2) is 5.00. The van der Waals surface area contributed by atoms with Gasteiger partial charge in [-0.15, -0.1) is 0 Å². The second-order valence-electron chi connectivity index (χ2n) is 4.94. The Bertz CT molecular complexity index is 452. The molecular formula is C13H16F4N2. The van der Waals surface area contributed by atoms with Gasteiger partial charge in [0.15, 0.2) is 0 Å². The lowest BCUT2D eigenvalue weighted by Gasteiger charge is -2.29. The molecule has 0 radical (unpaired) electrons. The van der Waals surface area contributed by atoms with Gasteiger partial charge in [-0.2, -0.15) is 13.2 Å². The molecule has 0 unspecified atom stereocenters. The highest BCUT2D eigenvalue weighted by Gasteiger charge is 2.40. The lowest BCUT2D eigenvalue weighted by Crippen LogP contribution is -2.37. The quantitative estimate of drug-likeness (QED) is 0.854. The van der Waals surface area contributed by atoms with Crippen molar-refractivity contribution in [3.63, 3.8) is 0 Å². The third-order valence-electron chi connectivity index (χ3n) is 3.13. The van der Waals surface area contributed by atoms with Crippen molar-refractivity contribution in [3.05, 3.63) is 29.6 Å². The smallest absolute Gasteiger partial charge is 0.357 e. The molecule has 1 atom stereocenters. The van der Waals surface area contributed by atoms with E-state index in [1.54, 1.807) is 13.0 Å². The Kier molecular flexibility index (Phi) is 3.71. The first-order valence-corrected chi connectivity index (χ1v) is 6.17. The fourth-order valence-corrected chi connectivity index (χ4v) is 2.17. The van der Waals surface area contributed by atoms with Crippen LogP contribution in [0.1, 0.15) is 31.4 Å². The molecule has 1 aromatic carbocycles. The highest BCUT2D eigenvalue weighted by atomic mass is 19.4. The zero-order chi connectivity index (χ0) is 14.2. The summed E-state index contributed by atoms with van der Waals surface area (Å²) < 4.78 is 51.9. The summed E-state index contributed by atoms with van der Waals surface area (Å²) in [5, 5.41) is 0. The number of rotatable bonds is 4. The molecule has 0 heterocycles. The van der Waals surface area contributed by atoms with Gasteiger partial charge < -0.3 is 10.6 Å². The van der Waals surface area contributed by atoms with Gasteiger partial charge >= 0.3 is 6.18 Å². The van der Waals surface area contributed by atoms with Crippen molar-refractivity contribution in [1.29, 1.82) is 0 Å². The number of halogens is 4. The highest BCUT2D eigenvalue weighted by molar-refractivity contribution is 5.57. The van der Waals surface area contributed by atoms with Gasteiger partial charge in [0.25, 0.3) is 0 Å². The molecule has 1 aliphatic rings. The van der Waals surface area contributed by atoms with Crippen LogP contribution in [0.15, 0.2) is 18.2 Å². The molecule has 19 heavy (non-hydrogen) atoms. The molecule has 0 bridgehead atoms. The Morgan fingerprint density at radius 2 is 2.00 bits per heavy atom. The van der Waals surface area contributed by atoms with E-state index in [9.17, 15) is 17.6 Å². The minimum Gasteiger partial charge on any atom is -0.357 e. The SMILES string of the molecule is C[C@@H](N)c1cccc(F)c1N(CC(F)(F)F)C1CC1. The lowest BCUT2D eigenvalue weighted by atomic mass is 10.0. The fraction of sp³-hybridized carbons (Fsp3) is 0.538. The van der Waals surface area contributed by atoms with Gasteiger partial charge in [0, 0.05) is 12.1 Å². The summed E-state index contributed by atoms with van der Waals surface area (Å²) in [7, 11) is 0. The van der Waals surface area contributed by atoms with Gasteiger partial charge in [-0.25, -0.2) is 4.39 Å². The van der Waals surface area contributed by atoms with Crippen molar-refractivity contribution in [2.75, 3.05) is 11.4 Å². The lowest BCUT2D eigenvalue weighted by molar-refractivity contribution is -0.120. The number of hydrogen-bond acceptors (Lipinski definition) is 2. The fourth-order valence-electron chi connectivity index (χ4n) is 2.17. The number of para-hydroxylation sites is 1. The summed E-state index contributed by atoms with van der Waals surface area (Å²) in [5.74, 6) is -0.647. The van der Waals surface area contributed by atoms with E-state index < -0.39 is 24.6 Å². The van der Waals surface area contributed by atoms with Crippen LogP contribution in [0.2, 0.25) is 0 Å². The van der Waals surface area contributed by atoms with Crippen LogP contribution < -0.4 is 10.6 Å². The van der Waals surface area contributed by atoms with Crippen LogP contribution in [0.4, 0.5) is 23.2 Å². The van der Waals surface area contributed by atoms with Crippen LogP contribution >= 0.6 is 0 Å². The van der Waals surface area contributed by atoms with Crippen LogP contribution in [-0.4, -0.2) is 18.8 Å². The molecule has 1 fully saturated rings. The molecule has 0 saturated heterocycles. The van der Waals surface area contributed by atoms with Gasteiger partial charge in [-0.1, -0.05) is 12.1 Å². The molecule has 0 aromatic heterocycles. The van der Waals surface area contributed by atoms with Crippen LogP contribution in [0.25, 0.3) is 0 Å². The second-order valence-corrected chi connectivity index (χ2v) is 4.94. The Morgan fingerprint density at radius 3 is 2.47 bits per heavy atom. The van der Waals surface area contributed by atoms with Crippen LogP contribution in [0.5, 0.6) is 0 Å². The first-order chi connectivity index (χ1) is 8.79. The number of anilines is 1. The molecule has 106 valence electrons. The molecule has 1 aromatic rings. The summed E-state index contributed by atoms with van der Waals surface area (Å²) in [6.07, 6.45) is -3.05. The summed E-state index contributed by atoms with van der Waals surface area (Å²) in [4.78, 5) is 1.11. The zero-order valence-electron chi connectivity index (χ0n) is 10.5. The standard InChI is InChI=1S/C13H16F4N2/c1-8(18)10-3-2-4-11(14)12(10)19(9-5-6-9)7-13(15,16)17/h2-4,8-9H,5-7,18H2,1H3/t8-/m1/s1. The number of benzene rings is 1. The van der Waals surface area contributed by atoms with E-state index in [-0.39, 0.29) is 11.7 Å². The van der Waals surface area contributed by atoms with Crippen molar-refractivity contribution in [2.45, 2.75) is 38.0 Å². The normalized spacial score (nSPS) is 17.4. The number of hydrogen-bond donors (Lipinski definition) is 1. The van der Waals surface area contributed by atoms with Crippen LogP contribution in [0, 0.1) is 5.82 Å². The molecular weight excluding hydrogens is 260 g/mol. The number of alkyl halides is 3. The predicted octanol–water partition coefficient (Wildman–Crippen LogP) is 3.38. The Balaban J connectivity index is 2.41. The minimum absolute atomic E-state index is 0.00248. The van der Waals surface area contributed by atoms with E-state index in [1.807, 2.05) is 0 Å². The molecule has 2 N–H and O–H groups in total. The van der Waals surface area contributed by atoms with E-state index in [4.69, 9.17) is 5.73 Å². The third kappa shape index (κ3) is 3.37. The summed E-state index contributed by atoms with van der Waals surface area (Å²) in [6.45, 7) is 0.495. The van der Waals surface area contributed by atoms with Gasteiger partial charge in [0.05, 0.1) is 5.69 Å². The molecule has 6 heteroatoms. The largest absolute Gasteiger partial charge is 0.405 e. The maximum absolute atomic E-state index is 14.0. The van der Waals surface area contributed by atoms with E-state index in [0.717, 1.165) is 4.90 Å². The number of nitrogens with two attached hydrogens (primary N) is 1. The van der Waals surface area contributed by atoms with Crippen LogP contribution in [-0.2, 0) is 0 Å². The summed E-state index contributed by atoms with van der Waals surface area (Å²) in [6, 6.07) is 3.47. The average Bonchev–Trinajstić information content (AvgIpc) is 3.08. The zero-order valence-corrected chi connectivity index (χ0v) is 10.5. The van der Waals surface area contributed by atoms with Gasteiger partial charge in [-0.05, 0) is 31.4 Å². The molecule has 0 spiro atoms. The van der Waals surface area contributed by atoms with Crippen molar-refractivity contribution < 1.29 is 17.6 Å². The van der Waals surface area contributed by atoms with Crippen molar-refractivity contribution in [3.8, 4) is 0 Å². The van der Waals surface area contributed by atoms with Gasteiger partial charge in [-0.3, -0.25) is 0 Å². The molecule has 1 saturated carbocycles. The maximum atomic E-state index is 14.0. The highest BCUT2D eigenvalue weighted by Crippen LogP contribution is 2.38. The molecule has 0 aliphatic heterocycles. The van der Waals surface area contributed by atoms with E-state index >= 15 is 0 Å². The molecule has 2 rings (SSSR count). The summed E-state index contributed by atoms with van der Waals surface area (Å²) >= 11 is 0. The van der Waals surface area contributed by atoms with E-state index in [0.29, 0.717) is 18.4 Å². The minimum atomic E-state index is -4.36. The van der Waals surface area contributed by atoms with Crippen molar-refractivity contribution in [1.82, 2.24) is 0 Å².